The van der Waals surface area contributed by atoms with Crippen LogP contribution in [0, 0.1) is 0 Å². The van der Waals surface area contributed by atoms with E-state index in [4.69, 9.17) is 0 Å². The summed E-state index contributed by atoms with van der Waals surface area (Å²) in [5, 5.41) is 0. The monoisotopic (exact) mass is 230 g/mol. The fourth-order valence-electron chi connectivity index (χ4n) is 0.937. The Hall–Kier alpha value is -1.14. The molecule has 6 heteroatoms. The maximum Gasteiger partial charge on any atom is 0.350 e. The summed E-state index contributed by atoms with van der Waals surface area (Å²) in [6.07, 6.45) is 0. The Morgan fingerprint density at radius 3 is 1.57 bits per heavy atom. The lowest BCUT2D eigenvalue weighted by Crippen LogP contribution is -2.08. The van der Waals surface area contributed by atoms with Gasteiger partial charge in [0.05, 0.1) is 11.1 Å². The average Bonchev–Trinajstić information content (AvgIpc) is 2.27. The van der Waals surface area contributed by atoms with E-state index in [0.717, 1.165) is 0 Å². The van der Waals surface area contributed by atoms with Crippen LogP contribution in [0.25, 0.3) is 0 Å². The molecule has 74 valence electrons. The lowest BCUT2D eigenvalue weighted by atomic mass is 10.1. The van der Waals surface area contributed by atoms with Crippen molar-refractivity contribution in [3.63, 3.8) is 0 Å². The molecule has 0 aliphatic rings. The largest absolute Gasteiger partial charge is 0.391 e. The zero-order chi connectivity index (χ0) is 10.6. The van der Waals surface area contributed by atoms with Crippen LogP contribution in [0.15, 0.2) is 24.3 Å². The van der Waals surface area contributed by atoms with Crippen molar-refractivity contribution >= 4 is 37.8 Å². The van der Waals surface area contributed by atoms with Crippen LogP contribution < -0.4 is 0 Å². The molecule has 0 aliphatic heterocycles. The van der Waals surface area contributed by atoms with E-state index in [-0.39, 0.29) is 11.1 Å². The van der Waals surface area contributed by atoms with Gasteiger partial charge in [0.15, 0.2) is 0 Å². The summed E-state index contributed by atoms with van der Waals surface area (Å²) >= 11 is 6.70. The Morgan fingerprint density at radius 1 is 0.929 bits per heavy atom. The van der Waals surface area contributed by atoms with Crippen LogP contribution in [-0.2, 0) is 8.37 Å². The van der Waals surface area contributed by atoms with Gasteiger partial charge in [0.1, 0.15) is 0 Å². The quantitative estimate of drug-likeness (QED) is 0.599. The summed E-state index contributed by atoms with van der Waals surface area (Å²) in [6.45, 7) is 0. The molecule has 4 nitrogen and oxygen atoms in total. The highest BCUT2D eigenvalue weighted by molar-refractivity contribution is 7.75. The summed E-state index contributed by atoms with van der Waals surface area (Å²) in [4.78, 5) is 22.2. The van der Waals surface area contributed by atoms with Gasteiger partial charge in [-0.3, -0.25) is 0 Å². The van der Waals surface area contributed by atoms with Crippen LogP contribution in [0.4, 0.5) is 0 Å². The van der Waals surface area contributed by atoms with Gasteiger partial charge in [-0.1, -0.05) is 12.1 Å². The van der Waals surface area contributed by atoms with Crippen LogP contribution in [-0.4, -0.2) is 11.9 Å². The fourth-order valence-corrected chi connectivity index (χ4v) is 1.13. The molecule has 0 unspecified atom stereocenters. The van der Waals surface area contributed by atoms with Crippen LogP contribution in [0.1, 0.15) is 20.7 Å². The van der Waals surface area contributed by atoms with Gasteiger partial charge in [-0.2, -0.15) is 0 Å². The van der Waals surface area contributed by atoms with E-state index < -0.39 is 11.9 Å². The van der Waals surface area contributed by atoms with E-state index in [9.17, 15) is 9.59 Å². The van der Waals surface area contributed by atoms with Crippen molar-refractivity contribution < 1.29 is 18.0 Å². The third-order valence-electron chi connectivity index (χ3n) is 1.53. The van der Waals surface area contributed by atoms with E-state index >= 15 is 0 Å². The van der Waals surface area contributed by atoms with Crippen molar-refractivity contribution in [3.05, 3.63) is 35.4 Å². The lowest BCUT2D eigenvalue weighted by Gasteiger charge is -2.03. The Kier molecular flexibility index (Phi) is 3.84. The molecular weight excluding hydrogens is 224 g/mol. The van der Waals surface area contributed by atoms with Crippen molar-refractivity contribution in [2.24, 2.45) is 0 Å². The first-order chi connectivity index (χ1) is 6.70. The minimum atomic E-state index is -0.720. The molecule has 0 amide bonds. The minimum Gasteiger partial charge on any atom is -0.391 e. The molecule has 1 aromatic rings. The van der Waals surface area contributed by atoms with Gasteiger partial charge in [-0.25, -0.2) is 9.59 Å². The summed E-state index contributed by atoms with van der Waals surface area (Å²) in [5.74, 6) is -1.44. The number of rotatable bonds is 2. The van der Waals surface area contributed by atoms with Gasteiger partial charge in [0, 0.05) is 25.8 Å². The van der Waals surface area contributed by atoms with Crippen molar-refractivity contribution in [3.8, 4) is 0 Å². The summed E-state index contributed by atoms with van der Waals surface area (Å²) in [7, 11) is 0. The fraction of sp³-hybridized carbons (Fsp3) is 0. The second kappa shape index (κ2) is 4.92. The zero-order valence-corrected chi connectivity index (χ0v) is 8.63. The molecule has 14 heavy (non-hydrogen) atoms. The molecule has 1 rings (SSSR count). The molecule has 0 saturated heterocycles. The van der Waals surface area contributed by atoms with Crippen molar-refractivity contribution in [2.75, 3.05) is 0 Å². The molecule has 0 N–H and O–H groups in total. The van der Waals surface area contributed by atoms with E-state index in [1.165, 1.54) is 12.1 Å². The van der Waals surface area contributed by atoms with Crippen LogP contribution in [0.5, 0.6) is 0 Å². The molecule has 0 heterocycles. The Morgan fingerprint density at radius 2 is 1.29 bits per heavy atom. The van der Waals surface area contributed by atoms with E-state index in [1.807, 2.05) is 0 Å². The first-order valence-electron chi connectivity index (χ1n) is 3.51. The van der Waals surface area contributed by atoms with Gasteiger partial charge in [0.2, 0.25) is 0 Å². The first-order valence-corrected chi connectivity index (χ1v) is 4.24. The second-order valence-electron chi connectivity index (χ2n) is 2.30. The Labute approximate surface area is 91.4 Å². The van der Waals surface area contributed by atoms with Gasteiger partial charge in [-0.15, -0.1) is 0 Å². The van der Waals surface area contributed by atoms with E-state index in [2.05, 4.69) is 34.2 Å². The normalized spacial score (nSPS) is 9.29. The molecule has 0 fully saturated rings. The number of thiol groups is 2. The maximum atomic E-state index is 11.1. The average molecular weight is 230 g/mol. The molecule has 0 aliphatic carbocycles. The number of hydrogen-bond acceptors (Lipinski definition) is 6. The topological polar surface area (TPSA) is 52.6 Å². The van der Waals surface area contributed by atoms with E-state index in [1.54, 1.807) is 12.1 Å². The first kappa shape index (κ1) is 10.9. The number of carbonyl (C=O) groups is 2. The SMILES string of the molecule is O=C(OS)c1ccccc1C(=O)OS. The third kappa shape index (κ3) is 2.21. The molecule has 0 aromatic heterocycles. The van der Waals surface area contributed by atoms with Crippen LogP contribution >= 0.6 is 25.8 Å². The highest BCUT2D eigenvalue weighted by Crippen LogP contribution is 2.12. The smallest absolute Gasteiger partial charge is 0.350 e. The number of carbonyl (C=O) groups excluding carboxylic acids is 2. The minimum absolute atomic E-state index is 0.0848. The van der Waals surface area contributed by atoms with Crippen LogP contribution in [0.3, 0.4) is 0 Å². The van der Waals surface area contributed by atoms with E-state index in [0.29, 0.717) is 0 Å². The predicted molar refractivity (Wildman–Crippen MR) is 55.2 cm³/mol. The third-order valence-corrected chi connectivity index (χ3v) is 1.86. The molecule has 0 atom stereocenters. The van der Waals surface area contributed by atoms with Crippen LogP contribution in [0.2, 0.25) is 0 Å². The summed E-state index contributed by atoms with van der Waals surface area (Å²) < 4.78 is 8.39. The standard InChI is InChI=1S/C8H6O4S2/c9-7(11-13)5-3-1-2-4-6(5)8(10)12-14/h1-4,13-14H. The van der Waals surface area contributed by atoms with Gasteiger partial charge >= 0.3 is 11.9 Å². The van der Waals surface area contributed by atoms with Crippen molar-refractivity contribution in [2.45, 2.75) is 0 Å². The summed E-state index contributed by atoms with van der Waals surface area (Å²) in [6, 6.07) is 6.04. The second-order valence-corrected chi connectivity index (χ2v) is 2.67. The van der Waals surface area contributed by atoms with Crippen molar-refractivity contribution in [1.82, 2.24) is 0 Å². The highest BCUT2D eigenvalue weighted by atomic mass is 32.1. The number of hydrogen-bond donors (Lipinski definition) is 2. The Balaban J connectivity index is 3.15. The van der Waals surface area contributed by atoms with Gasteiger partial charge < -0.3 is 8.37 Å². The predicted octanol–water partition coefficient (Wildman–Crippen LogP) is 1.69. The summed E-state index contributed by atoms with van der Waals surface area (Å²) in [5.41, 5.74) is 0.170. The molecule has 0 radical (unpaired) electrons. The van der Waals surface area contributed by atoms with Gasteiger partial charge in [0.25, 0.3) is 0 Å². The zero-order valence-electron chi connectivity index (χ0n) is 6.84. The maximum absolute atomic E-state index is 11.1. The van der Waals surface area contributed by atoms with Gasteiger partial charge in [-0.05, 0) is 12.1 Å². The molecule has 1 aromatic carbocycles. The molecule has 0 saturated carbocycles. The molecular formula is C8H6O4S2. The molecule has 0 spiro atoms. The molecule has 0 bridgehead atoms. The lowest BCUT2D eigenvalue weighted by molar-refractivity contribution is 0.0730. The Bertz CT molecular complexity index is 329. The number of benzene rings is 1. The highest BCUT2D eigenvalue weighted by Gasteiger charge is 2.17. The van der Waals surface area contributed by atoms with Crippen molar-refractivity contribution in [1.29, 1.82) is 0 Å².